The molecule has 1 aromatic carbocycles. The summed E-state index contributed by atoms with van der Waals surface area (Å²) < 4.78 is 22.7. The molecular formula is C15H18N2O4S. The Morgan fingerprint density at radius 3 is 2.32 bits per heavy atom. The highest BCUT2D eigenvalue weighted by Crippen LogP contribution is 2.15. The summed E-state index contributed by atoms with van der Waals surface area (Å²) in [6.45, 7) is 2.24. The van der Waals surface area contributed by atoms with Crippen LogP contribution in [0.4, 0.5) is 4.79 Å². The number of nitrogens with zero attached hydrogens (tertiary/aromatic N) is 2. The SMILES string of the molecule is CC1CN(C(=O)/C=C/c2ccc(S(C)(=O)=O)cc2)C(=O)N1C. The van der Waals surface area contributed by atoms with E-state index in [0.717, 1.165) is 6.26 Å². The van der Waals surface area contributed by atoms with E-state index in [2.05, 4.69) is 0 Å². The van der Waals surface area contributed by atoms with Crippen LogP contribution in [0.15, 0.2) is 35.2 Å². The van der Waals surface area contributed by atoms with Crippen molar-refractivity contribution in [1.29, 1.82) is 0 Å². The van der Waals surface area contributed by atoms with E-state index in [9.17, 15) is 18.0 Å². The van der Waals surface area contributed by atoms with Crippen LogP contribution in [0.3, 0.4) is 0 Å². The molecule has 0 aromatic heterocycles. The van der Waals surface area contributed by atoms with Crippen molar-refractivity contribution in [2.24, 2.45) is 0 Å². The molecule has 1 heterocycles. The molecule has 0 spiro atoms. The Labute approximate surface area is 129 Å². The summed E-state index contributed by atoms with van der Waals surface area (Å²) in [7, 11) is -1.57. The van der Waals surface area contributed by atoms with Gasteiger partial charge in [-0.1, -0.05) is 12.1 Å². The lowest BCUT2D eigenvalue weighted by Gasteiger charge is -2.12. The van der Waals surface area contributed by atoms with Crippen LogP contribution in [0.25, 0.3) is 6.08 Å². The first-order valence-corrected chi connectivity index (χ1v) is 8.66. The van der Waals surface area contributed by atoms with E-state index in [4.69, 9.17) is 0 Å². The predicted octanol–water partition coefficient (Wildman–Crippen LogP) is 1.39. The van der Waals surface area contributed by atoms with Gasteiger partial charge in [0.05, 0.1) is 11.4 Å². The lowest BCUT2D eigenvalue weighted by atomic mass is 10.2. The first-order chi connectivity index (χ1) is 10.2. The van der Waals surface area contributed by atoms with E-state index in [1.165, 1.54) is 28.0 Å². The molecule has 22 heavy (non-hydrogen) atoms. The van der Waals surface area contributed by atoms with Crippen molar-refractivity contribution in [2.45, 2.75) is 17.9 Å². The molecule has 1 aliphatic rings. The number of benzene rings is 1. The molecule has 1 unspecified atom stereocenters. The smallest absolute Gasteiger partial charge is 0.323 e. The molecule has 1 aliphatic heterocycles. The summed E-state index contributed by atoms with van der Waals surface area (Å²) >= 11 is 0. The van der Waals surface area contributed by atoms with Crippen molar-refractivity contribution in [2.75, 3.05) is 19.8 Å². The molecule has 1 atom stereocenters. The molecule has 118 valence electrons. The maximum absolute atomic E-state index is 12.0. The van der Waals surface area contributed by atoms with Crippen LogP contribution in [0, 0.1) is 0 Å². The Morgan fingerprint density at radius 1 is 1.27 bits per heavy atom. The summed E-state index contributed by atoms with van der Waals surface area (Å²) in [5, 5.41) is 0. The number of imide groups is 1. The highest BCUT2D eigenvalue weighted by atomic mass is 32.2. The molecule has 7 heteroatoms. The minimum atomic E-state index is -3.23. The molecule has 0 aliphatic carbocycles. The van der Waals surface area contributed by atoms with Gasteiger partial charge in [0.2, 0.25) is 0 Å². The summed E-state index contributed by atoms with van der Waals surface area (Å²) in [5.41, 5.74) is 0.689. The second kappa shape index (κ2) is 5.92. The molecular weight excluding hydrogens is 304 g/mol. The van der Waals surface area contributed by atoms with E-state index < -0.39 is 9.84 Å². The van der Waals surface area contributed by atoms with Crippen LogP contribution in [-0.4, -0.2) is 56.0 Å². The quantitative estimate of drug-likeness (QED) is 0.788. The monoisotopic (exact) mass is 322 g/mol. The maximum atomic E-state index is 12.0. The third-order valence-corrected chi connectivity index (χ3v) is 4.76. The van der Waals surface area contributed by atoms with Gasteiger partial charge in [-0.3, -0.25) is 9.69 Å². The van der Waals surface area contributed by atoms with Crippen LogP contribution in [0.1, 0.15) is 12.5 Å². The lowest BCUT2D eigenvalue weighted by Crippen LogP contribution is -2.33. The van der Waals surface area contributed by atoms with Gasteiger partial charge in [-0.15, -0.1) is 0 Å². The van der Waals surface area contributed by atoms with E-state index in [1.807, 2.05) is 6.92 Å². The molecule has 2 rings (SSSR count). The van der Waals surface area contributed by atoms with E-state index in [1.54, 1.807) is 25.3 Å². The largest absolute Gasteiger partial charge is 0.327 e. The molecule has 0 saturated carbocycles. The van der Waals surface area contributed by atoms with Crippen LogP contribution in [-0.2, 0) is 14.6 Å². The highest BCUT2D eigenvalue weighted by Gasteiger charge is 2.34. The normalized spacial score (nSPS) is 19.2. The van der Waals surface area contributed by atoms with Gasteiger partial charge in [-0.25, -0.2) is 13.2 Å². The Kier molecular flexibility index (Phi) is 4.37. The fourth-order valence-electron chi connectivity index (χ4n) is 2.11. The Balaban J connectivity index is 2.09. The van der Waals surface area contributed by atoms with Crippen LogP contribution >= 0.6 is 0 Å². The summed E-state index contributed by atoms with van der Waals surface area (Å²) in [5.74, 6) is -0.381. The van der Waals surface area contributed by atoms with E-state index in [0.29, 0.717) is 12.1 Å². The number of hydrogen-bond donors (Lipinski definition) is 0. The number of carbonyl (C=O) groups excluding carboxylic acids is 2. The summed E-state index contributed by atoms with van der Waals surface area (Å²) in [4.78, 5) is 26.8. The van der Waals surface area contributed by atoms with Crippen LogP contribution < -0.4 is 0 Å². The van der Waals surface area contributed by atoms with Gasteiger partial charge in [0.15, 0.2) is 9.84 Å². The van der Waals surface area contributed by atoms with Crippen molar-refractivity contribution in [1.82, 2.24) is 9.80 Å². The zero-order valence-corrected chi connectivity index (χ0v) is 13.5. The molecule has 6 nitrogen and oxygen atoms in total. The number of urea groups is 1. The Hall–Kier alpha value is -2.15. The minimum absolute atomic E-state index is 0.00102. The standard InChI is InChI=1S/C15H18N2O4S/c1-11-10-17(15(19)16(11)2)14(18)9-6-12-4-7-13(8-5-12)22(3,20)21/h4-9,11H,10H2,1-3H3/b9-6+. The fourth-order valence-corrected chi connectivity index (χ4v) is 2.74. The highest BCUT2D eigenvalue weighted by molar-refractivity contribution is 7.90. The zero-order chi connectivity index (χ0) is 16.5. The third-order valence-electron chi connectivity index (χ3n) is 3.63. The van der Waals surface area contributed by atoms with E-state index >= 15 is 0 Å². The van der Waals surface area contributed by atoms with Gasteiger partial charge >= 0.3 is 6.03 Å². The Bertz CT molecular complexity index is 722. The lowest BCUT2D eigenvalue weighted by molar-refractivity contribution is -0.122. The fraction of sp³-hybridized carbons (Fsp3) is 0.333. The van der Waals surface area contributed by atoms with Crippen molar-refractivity contribution in [3.8, 4) is 0 Å². The van der Waals surface area contributed by atoms with Crippen molar-refractivity contribution in [3.05, 3.63) is 35.9 Å². The summed E-state index contributed by atoms with van der Waals surface area (Å²) in [6, 6.07) is 5.88. The molecule has 3 amide bonds. The molecule has 0 bridgehead atoms. The number of amides is 3. The number of rotatable bonds is 3. The third kappa shape index (κ3) is 3.36. The number of sulfone groups is 1. The van der Waals surface area contributed by atoms with Crippen LogP contribution in [0.5, 0.6) is 0 Å². The average Bonchev–Trinajstić information content (AvgIpc) is 2.72. The first kappa shape index (κ1) is 16.2. The van der Waals surface area contributed by atoms with Gasteiger partial charge < -0.3 is 4.90 Å². The van der Waals surface area contributed by atoms with Gasteiger partial charge in [0, 0.05) is 25.4 Å². The van der Waals surface area contributed by atoms with Gasteiger partial charge in [0.1, 0.15) is 0 Å². The van der Waals surface area contributed by atoms with Crippen molar-refractivity contribution < 1.29 is 18.0 Å². The van der Waals surface area contributed by atoms with Gasteiger partial charge in [0.25, 0.3) is 5.91 Å². The zero-order valence-electron chi connectivity index (χ0n) is 12.7. The van der Waals surface area contributed by atoms with E-state index in [-0.39, 0.29) is 22.9 Å². The van der Waals surface area contributed by atoms with Gasteiger partial charge in [-0.05, 0) is 30.7 Å². The van der Waals surface area contributed by atoms with Crippen molar-refractivity contribution >= 4 is 27.9 Å². The van der Waals surface area contributed by atoms with Crippen molar-refractivity contribution in [3.63, 3.8) is 0 Å². The van der Waals surface area contributed by atoms with Gasteiger partial charge in [-0.2, -0.15) is 0 Å². The molecule has 0 radical (unpaired) electrons. The summed E-state index contributed by atoms with van der Waals surface area (Å²) in [6.07, 6.45) is 4.02. The second-order valence-electron chi connectivity index (χ2n) is 5.37. The van der Waals surface area contributed by atoms with Crippen LogP contribution in [0.2, 0.25) is 0 Å². The molecule has 1 fully saturated rings. The molecule has 1 saturated heterocycles. The Morgan fingerprint density at radius 2 is 1.86 bits per heavy atom. The topological polar surface area (TPSA) is 74.8 Å². The number of carbonyl (C=O) groups is 2. The first-order valence-electron chi connectivity index (χ1n) is 6.76. The number of hydrogen-bond acceptors (Lipinski definition) is 4. The maximum Gasteiger partial charge on any atom is 0.327 e. The number of likely N-dealkylation sites (N-methyl/N-ethyl adjacent to an activating group) is 1. The predicted molar refractivity (Wildman–Crippen MR) is 82.9 cm³/mol. The molecule has 0 N–H and O–H groups in total. The second-order valence-corrected chi connectivity index (χ2v) is 7.38. The average molecular weight is 322 g/mol. The minimum Gasteiger partial charge on any atom is -0.323 e. The molecule has 1 aromatic rings.